The Labute approximate surface area is 115 Å². The molecule has 102 valence electrons. The second kappa shape index (κ2) is 4.97. The molecule has 2 fully saturated rings. The fourth-order valence-electron chi connectivity index (χ4n) is 3.29. The molecular weight excluding hydrogens is 236 g/mol. The van der Waals surface area contributed by atoms with Crippen molar-refractivity contribution in [2.75, 3.05) is 13.1 Å². The van der Waals surface area contributed by atoms with Crippen LogP contribution in [0.5, 0.6) is 0 Å². The van der Waals surface area contributed by atoms with E-state index in [1.165, 1.54) is 5.56 Å². The molecule has 2 aliphatic rings. The molecule has 3 nitrogen and oxygen atoms in total. The maximum atomic E-state index is 12.7. The van der Waals surface area contributed by atoms with Crippen molar-refractivity contribution < 1.29 is 4.79 Å². The second-order valence-electron chi connectivity index (χ2n) is 5.96. The van der Waals surface area contributed by atoms with Gasteiger partial charge in [0, 0.05) is 31.1 Å². The predicted molar refractivity (Wildman–Crippen MR) is 75.9 cm³/mol. The monoisotopic (exact) mass is 258 g/mol. The molecule has 1 amide bonds. The molecule has 0 spiro atoms. The van der Waals surface area contributed by atoms with Crippen LogP contribution in [0.2, 0.25) is 0 Å². The predicted octanol–water partition coefficient (Wildman–Crippen LogP) is 2.00. The maximum absolute atomic E-state index is 12.7. The van der Waals surface area contributed by atoms with Crippen molar-refractivity contribution in [2.24, 2.45) is 5.92 Å². The molecular formula is C16H22N2O. The van der Waals surface area contributed by atoms with Crippen LogP contribution in [-0.2, 0) is 4.79 Å². The van der Waals surface area contributed by atoms with E-state index in [4.69, 9.17) is 0 Å². The minimum absolute atomic E-state index is 0.213. The molecule has 1 aliphatic carbocycles. The van der Waals surface area contributed by atoms with Crippen molar-refractivity contribution in [2.45, 2.75) is 38.3 Å². The van der Waals surface area contributed by atoms with Crippen LogP contribution in [0.15, 0.2) is 30.3 Å². The van der Waals surface area contributed by atoms with Gasteiger partial charge in [0.15, 0.2) is 0 Å². The Morgan fingerprint density at radius 1 is 1.16 bits per heavy atom. The van der Waals surface area contributed by atoms with E-state index in [0.717, 1.165) is 19.5 Å². The first kappa shape index (κ1) is 12.7. The summed E-state index contributed by atoms with van der Waals surface area (Å²) >= 11 is 0. The van der Waals surface area contributed by atoms with Crippen molar-refractivity contribution >= 4 is 5.91 Å². The van der Waals surface area contributed by atoms with E-state index in [-0.39, 0.29) is 5.92 Å². The molecule has 1 heterocycles. The number of hydrogen-bond donors (Lipinski definition) is 1. The lowest BCUT2D eigenvalue weighted by Crippen LogP contribution is -2.57. The highest BCUT2D eigenvalue weighted by Gasteiger charge is 2.47. The van der Waals surface area contributed by atoms with Gasteiger partial charge in [0.2, 0.25) is 5.91 Å². The van der Waals surface area contributed by atoms with E-state index in [1.54, 1.807) is 0 Å². The summed E-state index contributed by atoms with van der Waals surface area (Å²) in [6.45, 7) is 6.11. The highest BCUT2D eigenvalue weighted by molar-refractivity contribution is 5.83. The minimum Gasteiger partial charge on any atom is -0.334 e. The summed E-state index contributed by atoms with van der Waals surface area (Å²) in [5.74, 6) is 1.02. The quantitative estimate of drug-likeness (QED) is 0.880. The average Bonchev–Trinajstić information content (AvgIpc) is 3.19. The fourth-order valence-corrected chi connectivity index (χ4v) is 3.29. The molecule has 3 heteroatoms. The van der Waals surface area contributed by atoms with Crippen LogP contribution < -0.4 is 5.32 Å². The molecule has 1 aliphatic heterocycles. The molecule has 4 unspecified atom stereocenters. The second-order valence-corrected chi connectivity index (χ2v) is 5.96. The first-order chi connectivity index (χ1) is 9.18. The Bertz CT molecular complexity index is 449. The highest BCUT2D eigenvalue weighted by Crippen LogP contribution is 2.48. The van der Waals surface area contributed by atoms with Gasteiger partial charge in [0.1, 0.15) is 0 Å². The van der Waals surface area contributed by atoms with Gasteiger partial charge in [-0.15, -0.1) is 0 Å². The van der Waals surface area contributed by atoms with E-state index >= 15 is 0 Å². The molecule has 4 atom stereocenters. The largest absolute Gasteiger partial charge is 0.334 e. The summed E-state index contributed by atoms with van der Waals surface area (Å²) in [6, 6.07) is 11.1. The number of amides is 1. The van der Waals surface area contributed by atoms with Gasteiger partial charge in [0.05, 0.1) is 0 Å². The minimum atomic E-state index is 0.213. The van der Waals surface area contributed by atoms with Crippen LogP contribution >= 0.6 is 0 Å². The molecule has 1 aromatic rings. The van der Waals surface area contributed by atoms with E-state index in [1.807, 2.05) is 6.07 Å². The number of hydrogen-bond acceptors (Lipinski definition) is 2. The van der Waals surface area contributed by atoms with Crippen molar-refractivity contribution in [3.05, 3.63) is 35.9 Å². The number of benzene rings is 1. The lowest BCUT2D eigenvalue weighted by Gasteiger charge is -2.39. The lowest BCUT2D eigenvalue weighted by molar-refractivity contribution is -0.138. The number of piperazine rings is 1. The van der Waals surface area contributed by atoms with Crippen molar-refractivity contribution in [1.82, 2.24) is 10.2 Å². The fraction of sp³-hybridized carbons (Fsp3) is 0.562. The summed E-state index contributed by atoms with van der Waals surface area (Å²) < 4.78 is 0. The molecule has 1 N–H and O–H groups in total. The van der Waals surface area contributed by atoms with E-state index in [9.17, 15) is 4.79 Å². The molecule has 19 heavy (non-hydrogen) atoms. The Morgan fingerprint density at radius 3 is 2.42 bits per heavy atom. The van der Waals surface area contributed by atoms with Crippen LogP contribution in [0.3, 0.4) is 0 Å². The molecule has 0 radical (unpaired) electrons. The Morgan fingerprint density at radius 2 is 1.79 bits per heavy atom. The van der Waals surface area contributed by atoms with Crippen LogP contribution in [0.1, 0.15) is 31.7 Å². The van der Waals surface area contributed by atoms with Gasteiger partial charge < -0.3 is 10.2 Å². The molecule has 1 saturated carbocycles. The molecule has 0 aromatic heterocycles. The van der Waals surface area contributed by atoms with E-state index in [2.05, 4.69) is 48.3 Å². The molecule has 1 saturated heterocycles. The molecule has 3 rings (SSSR count). The number of nitrogens with zero attached hydrogens (tertiary/aromatic N) is 1. The number of nitrogens with one attached hydrogen (secondary N) is 1. The van der Waals surface area contributed by atoms with Crippen molar-refractivity contribution in [1.29, 1.82) is 0 Å². The third-order valence-electron chi connectivity index (χ3n) is 4.42. The summed E-state index contributed by atoms with van der Waals surface area (Å²) in [5.41, 5.74) is 1.32. The van der Waals surface area contributed by atoms with Gasteiger partial charge in [-0.05, 0) is 31.7 Å². The normalized spacial score (nSPS) is 34.1. The van der Waals surface area contributed by atoms with Crippen LogP contribution in [0.4, 0.5) is 0 Å². The van der Waals surface area contributed by atoms with Gasteiger partial charge >= 0.3 is 0 Å². The summed E-state index contributed by atoms with van der Waals surface area (Å²) in [4.78, 5) is 14.8. The number of rotatable bonds is 2. The zero-order chi connectivity index (χ0) is 13.4. The van der Waals surface area contributed by atoms with Gasteiger partial charge in [0.25, 0.3) is 0 Å². The smallest absolute Gasteiger partial charge is 0.226 e. The maximum Gasteiger partial charge on any atom is 0.226 e. The number of carbonyl (C=O) groups excluding carboxylic acids is 1. The van der Waals surface area contributed by atoms with Gasteiger partial charge in [-0.25, -0.2) is 0 Å². The molecule has 1 aromatic carbocycles. The highest BCUT2D eigenvalue weighted by atomic mass is 16.2. The summed E-state index contributed by atoms with van der Waals surface area (Å²) in [5, 5.41) is 3.38. The zero-order valence-corrected chi connectivity index (χ0v) is 11.7. The molecule has 0 bridgehead atoms. The summed E-state index contributed by atoms with van der Waals surface area (Å²) in [6.07, 6.45) is 1.02. The third-order valence-corrected chi connectivity index (χ3v) is 4.42. The zero-order valence-electron chi connectivity index (χ0n) is 11.7. The number of carbonyl (C=O) groups is 1. The Balaban J connectivity index is 1.69. The Hall–Kier alpha value is -1.35. The average molecular weight is 258 g/mol. The van der Waals surface area contributed by atoms with Crippen LogP contribution in [0.25, 0.3) is 0 Å². The van der Waals surface area contributed by atoms with Gasteiger partial charge in [-0.3, -0.25) is 4.79 Å². The third kappa shape index (κ3) is 2.39. The van der Waals surface area contributed by atoms with Gasteiger partial charge in [-0.1, -0.05) is 30.3 Å². The Kier molecular flexibility index (Phi) is 3.31. The van der Waals surface area contributed by atoms with Crippen molar-refractivity contribution in [3.8, 4) is 0 Å². The van der Waals surface area contributed by atoms with Crippen LogP contribution in [0, 0.1) is 5.92 Å². The summed E-state index contributed by atoms with van der Waals surface area (Å²) in [7, 11) is 0. The van der Waals surface area contributed by atoms with E-state index in [0.29, 0.717) is 23.9 Å². The van der Waals surface area contributed by atoms with Crippen molar-refractivity contribution in [3.63, 3.8) is 0 Å². The SMILES string of the molecule is CC1CNCC(C)N1C(=O)C1CC1c1ccccc1. The lowest BCUT2D eigenvalue weighted by atomic mass is 10.1. The van der Waals surface area contributed by atoms with Gasteiger partial charge in [-0.2, -0.15) is 0 Å². The standard InChI is InChI=1S/C16H22N2O/c1-11-9-17-10-12(2)18(11)16(19)15-8-14(15)13-6-4-3-5-7-13/h3-7,11-12,14-15,17H,8-10H2,1-2H3. The van der Waals surface area contributed by atoms with Crippen LogP contribution in [-0.4, -0.2) is 36.0 Å². The van der Waals surface area contributed by atoms with E-state index < -0.39 is 0 Å². The topological polar surface area (TPSA) is 32.3 Å². The first-order valence-electron chi connectivity index (χ1n) is 7.26. The first-order valence-corrected chi connectivity index (χ1v) is 7.26.